The largest absolute Gasteiger partial charge is 0.454 e. The third kappa shape index (κ3) is 3.85. The lowest BCUT2D eigenvalue weighted by molar-refractivity contribution is -0.121. The molecule has 0 bridgehead atoms. The van der Waals surface area contributed by atoms with E-state index in [2.05, 4.69) is 15.5 Å². The van der Waals surface area contributed by atoms with E-state index >= 15 is 0 Å². The summed E-state index contributed by atoms with van der Waals surface area (Å²) in [5.41, 5.74) is 0.972. The minimum absolute atomic E-state index is 0.0133. The molecule has 3 aromatic rings. The summed E-state index contributed by atoms with van der Waals surface area (Å²) in [7, 11) is 0. The summed E-state index contributed by atoms with van der Waals surface area (Å²) in [5.74, 6) is 2.59. The first-order chi connectivity index (χ1) is 12.8. The van der Waals surface area contributed by atoms with Crippen molar-refractivity contribution in [1.29, 1.82) is 0 Å². The van der Waals surface area contributed by atoms with Crippen molar-refractivity contribution in [2.75, 3.05) is 6.79 Å². The zero-order valence-corrected chi connectivity index (χ0v) is 14.8. The molecular weight excluding hydrogens is 354 g/mol. The predicted octanol–water partition coefficient (Wildman–Crippen LogP) is 3.17. The van der Waals surface area contributed by atoms with E-state index in [1.807, 2.05) is 35.7 Å². The molecule has 1 amide bonds. The van der Waals surface area contributed by atoms with Crippen LogP contribution >= 0.6 is 11.3 Å². The second-order valence-corrected chi connectivity index (χ2v) is 6.75. The molecule has 7 nitrogen and oxygen atoms in total. The second kappa shape index (κ2) is 7.57. The monoisotopic (exact) mass is 371 g/mol. The van der Waals surface area contributed by atoms with Gasteiger partial charge in [-0.2, -0.15) is 4.98 Å². The SMILES string of the molecule is O=C(CCCc1nc(-c2cccs2)no1)NCc1ccc2c(c1)OCO2. The van der Waals surface area contributed by atoms with Crippen molar-refractivity contribution in [1.82, 2.24) is 15.5 Å². The van der Waals surface area contributed by atoms with E-state index in [-0.39, 0.29) is 12.7 Å². The molecule has 1 aliphatic heterocycles. The molecule has 0 unspecified atom stereocenters. The Labute approximate surface area is 153 Å². The third-order valence-electron chi connectivity index (χ3n) is 3.93. The van der Waals surface area contributed by atoms with E-state index in [9.17, 15) is 4.79 Å². The maximum Gasteiger partial charge on any atom is 0.231 e. The summed E-state index contributed by atoms with van der Waals surface area (Å²) in [6.07, 6.45) is 1.64. The van der Waals surface area contributed by atoms with Crippen LogP contribution in [-0.2, 0) is 17.8 Å². The summed E-state index contributed by atoms with van der Waals surface area (Å²) in [6, 6.07) is 9.54. The fourth-order valence-corrected chi connectivity index (χ4v) is 3.25. The van der Waals surface area contributed by atoms with Crippen molar-refractivity contribution >= 4 is 17.2 Å². The van der Waals surface area contributed by atoms with Gasteiger partial charge in [0.25, 0.3) is 0 Å². The molecule has 3 heterocycles. The molecule has 0 fully saturated rings. The number of fused-ring (bicyclic) bond motifs is 1. The van der Waals surface area contributed by atoms with Crippen LogP contribution < -0.4 is 14.8 Å². The van der Waals surface area contributed by atoms with Gasteiger partial charge in [0.05, 0.1) is 4.88 Å². The van der Waals surface area contributed by atoms with Crippen LogP contribution in [0.1, 0.15) is 24.3 Å². The molecule has 2 aromatic heterocycles. The first-order valence-corrected chi connectivity index (χ1v) is 9.17. The Balaban J connectivity index is 1.21. The van der Waals surface area contributed by atoms with E-state index in [0.29, 0.717) is 37.5 Å². The molecule has 0 atom stereocenters. The van der Waals surface area contributed by atoms with E-state index in [1.54, 1.807) is 11.3 Å². The van der Waals surface area contributed by atoms with Crippen molar-refractivity contribution < 1.29 is 18.8 Å². The van der Waals surface area contributed by atoms with Gasteiger partial charge in [-0.1, -0.05) is 17.3 Å². The Morgan fingerprint density at radius 1 is 1.23 bits per heavy atom. The number of hydrogen-bond donors (Lipinski definition) is 1. The lowest BCUT2D eigenvalue weighted by Crippen LogP contribution is -2.22. The number of thiophene rings is 1. The number of aromatic nitrogens is 2. The Hall–Kier alpha value is -2.87. The van der Waals surface area contributed by atoms with Crippen LogP contribution in [0.25, 0.3) is 10.7 Å². The number of carbonyl (C=O) groups is 1. The molecule has 8 heteroatoms. The number of nitrogens with one attached hydrogen (secondary N) is 1. The molecule has 26 heavy (non-hydrogen) atoms. The maximum atomic E-state index is 12.0. The van der Waals surface area contributed by atoms with Gasteiger partial charge in [0.2, 0.25) is 24.4 Å². The topological polar surface area (TPSA) is 86.5 Å². The summed E-state index contributed by atoms with van der Waals surface area (Å²) in [5, 5.41) is 8.83. The number of hydrogen-bond acceptors (Lipinski definition) is 7. The van der Waals surface area contributed by atoms with Gasteiger partial charge >= 0.3 is 0 Å². The number of benzene rings is 1. The highest BCUT2D eigenvalue weighted by Crippen LogP contribution is 2.32. The van der Waals surface area contributed by atoms with Crippen LogP contribution in [0.5, 0.6) is 11.5 Å². The van der Waals surface area contributed by atoms with Gasteiger partial charge in [0.15, 0.2) is 11.5 Å². The standard InChI is InChI=1S/C18H17N3O4S/c22-16(19-10-12-6-7-13-14(9-12)24-11-23-13)4-1-5-17-20-18(21-25-17)15-3-2-8-26-15/h2-3,6-9H,1,4-5,10-11H2,(H,19,22). The molecule has 1 N–H and O–H groups in total. The molecule has 4 rings (SSSR count). The molecule has 0 saturated heterocycles. The predicted molar refractivity (Wildman–Crippen MR) is 95.0 cm³/mol. The second-order valence-electron chi connectivity index (χ2n) is 5.81. The minimum atomic E-state index is -0.0133. The summed E-state index contributed by atoms with van der Waals surface area (Å²) < 4.78 is 15.8. The third-order valence-corrected chi connectivity index (χ3v) is 4.80. The molecule has 0 radical (unpaired) electrons. The highest BCUT2D eigenvalue weighted by atomic mass is 32.1. The molecule has 1 aromatic carbocycles. The van der Waals surface area contributed by atoms with Crippen LogP contribution in [0.2, 0.25) is 0 Å². The zero-order chi connectivity index (χ0) is 17.8. The molecular formula is C18H17N3O4S. The van der Waals surface area contributed by atoms with E-state index in [1.165, 1.54) is 0 Å². The summed E-state index contributed by atoms with van der Waals surface area (Å²) in [6.45, 7) is 0.702. The number of nitrogens with zero attached hydrogens (tertiary/aromatic N) is 2. The fourth-order valence-electron chi connectivity index (χ4n) is 2.60. The van der Waals surface area contributed by atoms with Gasteiger partial charge < -0.3 is 19.3 Å². The molecule has 0 spiro atoms. The molecule has 0 aliphatic carbocycles. The van der Waals surface area contributed by atoms with E-state index < -0.39 is 0 Å². The number of aryl methyl sites for hydroxylation is 1. The van der Waals surface area contributed by atoms with Crippen LogP contribution in [0.15, 0.2) is 40.2 Å². The van der Waals surface area contributed by atoms with Crippen molar-refractivity contribution in [3.05, 3.63) is 47.2 Å². The Bertz CT molecular complexity index is 892. The van der Waals surface area contributed by atoms with E-state index in [4.69, 9.17) is 14.0 Å². The van der Waals surface area contributed by atoms with Crippen molar-refractivity contribution in [3.8, 4) is 22.2 Å². The van der Waals surface area contributed by atoms with Gasteiger partial charge in [-0.15, -0.1) is 11.3 Å². The normalized spacial score (nSPS) is 12.3. The van der Waals surface area contributed by atoms with Gasteiger partial charge in [0.1, 0.15) is 0 Å². The quantitative estimate of drug-likeness (QED) is 0.686. The lowest BCUT2D eigenvalue weighted by Gasteiger charge is -2.05. The Morgan fingerprint density at radius 3 is 3.04 bits per heavy atom. The lowest BCUT2D eigenvalue weighted by atomic mass is 10.2. The van der Waals surface area contributed by atoms with Gasteiger partial charge in [-0.25, -0.2) is 0 Å². The number of ether oxygens (including phenoxy) is 2. The zero-order valence-electron chi connectivity index (χ0n) is 13.9. The van der Waals surface area contributed by atoms with Crippen LogP contribution in [0, 0.1) is 0 Å². The number of carbonyl (C=O) groups excluding carboxylic acids is 1. The number of rotatable bonds is 7. The average molecular weight is 371 g/mol. The highest BCUT2D eigenvalue weighted by Gasteiger charge is 2.14. The van der Waals surface area contributed by atoms with Crippen LogP contribution in [0.3, 0.4) is 0 Å². The van der Waals surface area contributed by atoms with Gasteiger partial charge in [-0.3, -0.25) is 4.79 Å². The number of amides is 1. The Kier molecular flexibility index (Phi) is 4.83. The first-order valence-electron chi connectivity index (χ1n) is 8.29. The van der Waals surface area contributed by atoms with Crippen molar-refractivity contribution in [2.24, 2.45) is 0 Å². The molecule has 1 aliphatic rings. The fraction of sp³-hybridized carbons (Fsp3) is 0.278. The van der Waals surface area contributed by atoms with Crippen molar-refractivity contribution in [3.63, 3.8) is 0 Å². The van der Waals surface area contributed by atoms with E-state index in [0.717, 1.165) is 21.9 Å². The average Bonchev–Trinajstić information content (AvgIpc) is 3.39. The van der Waals surface area contributed by atoms with Gasteiger partial charge in [-0.05, 0) is 35.6 Å². The van der Waals surface area contributed by atoms with Crippen LogP contribution in [-0.4, -0.2) is 22.8 Å². The molecule has 134 valence electrons. The first kappa shape index (κ1) is 16.6. The van der Waals surface area contributed by atoms with Gasteiger partial charge in [0, 0.05) is 19.4 Å². The smallest absolute Gasteiger partial charge is 0.231 e. The Morgan fingerprint density at radius 2 is 2.15 bits per heavy atom. The molecule has 0 saturated carbocycles. The summed E-state index contributed by atoms with van der Waals surface area (Å²) >= 11 is 1.56. The summed E-state index contributed by atoms with van der Waals surface area (Å²) in [4.78, 5) is 17.3. The van der Waals surface area contributed by atoms with Crippen LogP contribution in [0.4, 0.5) is 0 Å². The minimum Gasteiger partial charge on any atom is -0.454 e. The van der Waals surface area contributed by atoms with Crippen molar-refractivity contribution in [2.45, 2.75) is 25.8 Å². The maximum absolute atomic E-state index is 12.0. The highest BCUT2D eigenvalue weighted by molar-refractivity contribution is 7.13.